The maximum atomic E-state index is 13.0. The largest absolute Gasteiger partial charge is 0.371 e. The summed E-state index contributed by atoms with van der Waals surface area (Å²) in [5.41, 5.74) is 0.942. The van der Waals surface area contributed by atoms with E-state index in [0.29, 0.717) is 19.8 Å². The highest BCUT2D eigenvalue weighted by Gasteiger charge is 2.46. The van der Waals surface area contributed by atoms with Crippen molar-refractivity contribution < 1.29 is 14.3 Å². The number of nitrogens with zero attached hydrogens (tertiary/aromatic N) is 3. The summed E-state index contributed by atoms with van der Waals surface area (Å²) in [5, 5.41) is 4.20. The molecule has 2 aliphatic heterocycles. The van der Waals surface area contributed by atoms with Crippen molar-refractivity contribution in [3.63, 3.8) is 0 Å². The summed E-state index contributed by atoms with van der Waals surface area (Å²) in [6.45, 7) is 2.76. The molecule has 6 nitrogen and oxygen atoms in total. The van der Waals surface area contributed by atoms with E-state index in [0.717, 1.165) is 31.5 Å². The quantitative estimate of drug-likeness (QED) is 0.826. The molecule has 4 rings (SSSR count). The SMILES string of the molecule is Cn1nccc1[C@@H]1OCC[C@H]1C(=O)N1CCOC2(CCC2)C1. The van der Waals surface area contributed by atoms with Gasteiger partial charge in [-0.2, -0.15) is 5.10 Å². The molecule has 1 aromatic rings. The third-order valence-corrected chi connectivity index (χ3v) is 5.38. The molecule has 22 heavy (non-hydrogen) atoms. The van der Waals surface area contributed by atoms with Crippen LogP contribution in [0.5, 0.6) is 0 Å². The lowest BCUT2D eigenvalue weighted by Gasteiger charge is -2.48. The molecule has 0 aromatic carbocycles. The Bertz CT molecular complexity index is 567. The standard InChI is InChI=1S/C16H23N3O3/c1-18-13(3-7-17-18)14-12(4-9-21-14)15(20)19-8-10-22-16(11-19)5-2-6-16/h3,7,12,14H,2,4-6,8-11H2,1H3/t12-,14-/m1/s1. The molecular weight excluding hydrogens is 282 g/mol. The first-order valence-corrected chi connectivity index (χ1v) is 8.21. The van der Waals surface area contributed by atoms with E-state index in [-0.39, 0.29) is 23.5 Å². The van der Waals surface area contributed by atoms with E-state index in [9.17, 15) is 4.79 Å². The van der Waals surface area contributed by atoms with E-state index in [1.807, 2.05) is 22.7 Å². The maximum absolute atomic E-state index is 13.0. The average molecular weight is 305 g/mol. The van der Waals surface area contributed by atoms with Gasteiger partial charge in [-0.3, -0.25) is 9.48 Å². The Morgan fingerprint density at radius 2 is 2.27 bits per heavy atom. The van der Waals surface area contributed by atoms with Gasteiger partial charge in [-0.05, 0) is 31.7 Å². The lowest BCUT2D eigenvalue weighted by Crippen LogP contribution is -2.58. The Balaban J connectivity index is 1.50. The highest BCUT2D eigenvalue weighted by molar-refractivity contribution is 5.80. The van der Waals surface area contributed by atoms with Crippen LogP contribution in [0.3, 0.4) is 0 Å². The van der Waals surface area contributed by atoms with Crippen LogP contribution in [0, 0.1) is 5.92 Å². The summed E-state index contributed by atoms with van der Waals surface area (Å²) >= 11 is 0. The Kier molecular flexibility index (Phi) is 3.46. The van der Waals surface area contributed by atoms with Crippen LogP contribution in [0.2, 0.25) is 0 Å². The fourth-order valence-electron chi connectivity index (χ4n) is 3.94. The highest BCUT2D eigenvalue weighted by Crippen LogP contribution is 2.40. The average Bonchev–Trinajstić information content (AvgIpc) is 3.13. The van der Waals surface area contributed by atoms with Crippen LogP contribution in [-0.4, -0.2) is 52.5 Å². The molecule has 3 fully saturated rings. The van der Waals surface area contributed by atoms with Crippen LogP contribution in [0.4, 0.5) is 0 Å². The van der Waals surface area contributed by atoms with E-state index in [1.54, 1.807) is 6.20 Å². The van der Waals surface area contributed by atoms with Gasteiger partial charge in [0.15, 0.2) is 0 Å². The third-order valence-electron chi connectivity index (χ3n) is 5.38. The van der Waals surface area contributed by atoms with Gasteiger partial charge in [-0.15, -0.1) is 0 Å². The van der Waals surface area contributed by atoms with E-state index in [2.05, 4.69) is 5.10 Å². The first-order valence-electron chi connectivity index (χ1n) is 8.21. The van der Waals surface area contributed by atoms with Gasteiger partial charge in [0, 0.05) is 32.9 Å². The molecule has 0 unspecified atom stereocenters. The van der Waals surface area contributed by atoms with Gasteiger partial charge in [0.25, 0.3) is 0 Å². The molecule has 0 bridgehead atoms. The van der Waals surface area contributed by atoms with Crippen LogP contribution in [-0.2, 0) is 21.3 Å². The Hall–Kier alpha value is -1.40. The monoisotopic (exact) mass is 305 g/mol. The Morgan fingerprint density at radius 3 is 2.95 bits per heavy atom. The summed E-state index contributed by atoms with van der Waals surface area (Å²) < 4.78 is 13.6. The topological polar surface area (TPSA) is 56.6 Å². The number of aryl methyl sites for hydroxylation is 1. The third kappa shape index (κ3) is 2.25. The summed E-state index contributed by atoms with van der Waals surface area (Å²) in [5.74, 6) is 0.129. The Morgan fingerprint density at radius 1 is 1.41 bits per heavy atom. The smallest absolute Gasteiger partial charge is 0.228 e. The van der Waals surface area contributed by atoms with Crippen molar-refractivity contribution in [3.8, 4) is 0 Å². The molecule has 0 N–H and O–H groups in total. The first kappa shape index (κ1) is 14.2. The predicted molar refractivity (Wildman–Crippen MR) is 79.1 cm³/mol. The predicted octanol–water partition coefficient (Wildman–Crippen LogP) is 1.28. The maximum Gasteiger partial charge on any atom is 0.228 e. The molecule has 2 saturated heterocycles. The van der Waals surface area contributed by atoms with Crippen molar-refractivity contribution in [1.29, 1.82) is 0 Å². The van der Waals surface area contributed by atoms with Crippen LogP contribution in [0.1, 0.15) is 37.5 Å². The van der Waals surface area contributed by atoms with Crippen molar-refractivity contribution in [2.45, 2.75) is 37.4 Å². The summed E-state index contributed by atoms with van der Waals surface area (Å²) in [6, 6.07) is 1.95. The number of aromatic nitrogens is 2. The van der Waals surface area contributed by atoms with Gasteiger partial charge in [0.2, 0.25) is 5.91 Å². The number of carbonyl (C=O) groups is 1. The molecule has 3 heterocycles. The first-order chi connectivity index (χ1) is 10.7. The second kappa shape index (κ2) is 5.35. The number of hydrogen-bond donors (Lipinski definition) is 0. The van der Waals surface area contributed by atoms with Gasteiger partial charge >= 0.3 is 0 Å². The fraction of sp³-hybridized carbons (Fsp3) is 0.750. The van der Waals surface area contributed by atoms with E-state index in [4.69, 9.17) is 9.47 Å². The lowest BCUT2D eigenvalue weighted by atomic mass is 9.78. The summed E-state index contributed by atoms with van der Waals surface area (Å²) in [4.78, 5) is 15.0. The molecule has 120 valence electrons. The number of ether oxygens (including phenoxy) is 2. The second-order valence-corrected chi connectivity index (χ2v) is 6.71. The zero-order valence-electron chi connectivity index (χ0n) is 13.0. The van der Waals surface area contributed by atoms with Crippen LogP contribution in [0.25, 0.3) is 0 Å². The van der Waals surface area contributed by atoms with Crippen molar-refractivity contribution in [1.82, 2.24) is 14.7 Å². The summed E-state index contributed by atoms with van der Waals surface area (Å²) in [7, 11) is 1.90. The molecule has 3 aliphatic rings. The minimum atomic E-state index is -0.166. The minimum absolute atomic E-state index is 0.0462. The van der Waals surface area contributed by atoms with Crippen molar-refractivity contribution in [2.75, 3.05) is 26.3 Å². The molecular formula is C16H23N3O3. The number of carbonyl (C=O) groups excluding carboxylic acids is 1. The molecule has 1 spiro atoms. The number of amides is 1. The minimum Gasteiger partial charge on any atom is -0.371 e. The van der Waals surface area contributed by atoms with Gasteiger partial charge in [0.1, 0.15) is 6.10 Å². The molecule has 0 radical (unpaired) electrons. The normalized spacial score (nSPS) is 30.5. The molecule has 6 heteroatoms. The number of rotatable bonds is 2. The highest BCUT2D eigenvalue weighted by atomic mass is 16.5. The number of morpholine rings is 1. The fourth-order valence-corrected chi connectivity index (χ4v) is 3.94. The second-order valence-electron chi connectivity index (χ2n) is 6.71. The lowest BCUT2D eigenvalue weighted by molar-refractivity contribution is -0.171. The molecule has 2 atom stereocenters. The van der Waals surface area contributed by atoms with Gasteiger partial charge < -0.3 is 14.4 Å². The molecule has 1 saturated carbocycles. The molecule has 1 aromatic heterocycles. The zero-order chi connectivity index (χ0) is 15.2. The van der Waals surface area contributed by atoms with Gasteiger partial charge in [-0.1, -0.05) is 0 Å². The Labute approximate surface area is 130 Å². The van der Waals surface area contributed by atoms with Crippen molar-refractivity contribution >= 4 is 5.91 Å². The van der Waals surface area contributed by atoms with Crippen molar-refractivity contribution in [3.05, 3.63) is 18.0 Å². The van der Waals surface area contributed by atoms with E-state index >= 15 is 0 Å². The zero-order valence-corrected chi connectivity index (χ0v) is 13.0. The van der Waals surface area contributed by atoms with Crippen molar-refractivity contribution in [2.24, 2.45) is 13.0 Å². The molecule has 1 aliphatic carbocycles. The van der Waals surface area contributed by atoms with Gasteiger partial charge in [0.05, 0.1) is 23.8 Å². The van der Waals surface area contributed by atoms with E-state index in [1.165, 1.54) is 6.42 Å². The summed E-state index contributed by atoms with van der Waals surface area (Å²) in [6.07, 6.45) is 5.77. The molecule has 1 amide bonds. The van der Waals surface area contributed by atoms with Gasteiger partial charge in [-0.25, -0.2) is 0 Å². The van der Waals surface area contributed by atoms with E-state index < -0.39 is 0 Å². The van der Waals surface area contributed by atoms with Crippen LogP contribution < -0.4 is 0 Å². The number of hydrogen-bond acceptors (Lipinski definition) is 4. The van der Waals surface area contributed by atoms with Crippen LogP contribution in [0.15, 0.2) is 12.3 Å². The van der Waals surface area contributed by atoms with Crippen LogP contribution >= 0.6 is 0 Å².